The number of carbonyl (C=O) groups is 2. The van der Waals surface area contributed by atoms with Gasteiger partial charge in [-0.2, -0.15) is 0 Å². The highest BCUT2D eigenvalue weighted by Gasteiger charge is 2.26. The van der Waals surface area contributed by atoms with Crippen molar-refractivity contribution in [1.82, 2.24) is 20.1 Å². The number of hydrogen-bond donors (Lipinski definition) is 2. The van der Waals surface area contributed by atoms with Gasteiger partial charge in [0.25, 0.3) is 11.6 Å². The number of benzene rings is 2. The van der Waals surface area contributed by atoms with Gasteiger partial charge in [-0.25, -0.2) is 0 Å². The summed E-state index contributed by atoms with van der Waals surface area (Å²) in [6.45, 7) is 8.28. The van der Waals surface area contributed by atoms with E-state index < -0.39 is 16.9 Å². The van der Waals surface area contributed by atoms with Crippen molar-refractivity contribution in [3.8, 4) is 0 Å². The smallest absolute Gasteiger partial charge is 0.270 e. The standard InChI is InChI=1S/C24H28N6O4S/c1-5-29-22(21(15(2)3)26-23(32)17-10-8-11-18(13-17)30(33)34)27-28-24(29)35-14-20(31)25-19-12-7-6-9-16(19)4/h6-13,15,21H,5,14H2,1-4H3,(H,25,31)(H,26,32)/t21-/m1/s1. The van der Waals surface area contributed by atoms with Crippen LogP contribution in [0.25, 0.3) is 0 Å². The number of aromatic nitrogens is 3. The number of non-ortho nitro benzene ring substituents is 1. The van der Waals surface area contributed by atoms with Crippen LogP contribution in [-0.2, 0) is 11.3 Å². The van der Waals surface area contributed by atoms with Gasteiger partial charge in [-0.05, 0) is 37.5 Å². The lowest BCUT2D eigenvalue weighted by Gasteiger charge is -2.22. The summed E-state index contributed by atoms with van der Waals surface area (Å²) >= 11 is 1.26. The lowest BCUT2D eigenvalue weighted by atomic mass is 10.0. The molecule has 0 aliphatic carbocycles. The number of nitrogens with zero attached hydrogens (tertiary/aromatic N) is 4. The van der Waals surface area contributed by atoms with Gasteiger partial charge < -0.3 is 15.2 Å². The van der Waals surface area contributed by atoms with Crippen LogP contribution in [0.5, 0.6) is 0 Å². The molecule has 1 heterocycles. The molecular weight excluding hydrogens is 468 g/mol. The summed E-state index contributed by atoms with van der Waals surface area (Å²) in [6.07, 6.45) is 0. The van der Waals surface area contributed by atoms with Crippen LogP contribution < -0.4 is 10.6 Å². The maximum absolute atomic E-state index is 12.9. The van der Waals surface area contributed by atoms with E-state index in [0.717, 1.165) is 11.3 Å². The first-order valence-corrected chi connectivity index (χ1v) is 12.2. The van der Waals surface area contributed by atoms with Crippen LogP contribution >= 0.6 is 11.8 Å². The molecular formula is C24H28N6O4S. The molecule has 0 saturated carbocycles. The summed E-state index contributed by atoms with van der Waals surface area (Å²) < 4.78 is 1.87. The third-order valence-electron chi connectivity index (χ3n) is 5.36. The molecule has 3 rings (SSSR count). The van der Waals surface area contributed by atoms with Crippen LogP contribution in [0.4, 0.5) is 11.4 Å². The van der Waals surface area contributed by atoms with Crippen LogP contribution in [0.15, 0.2) is 53.7 Å². The van der Waals surface area contributed by atoms with Gasteiger partial charge in [0.05, 0.1) is 16.7 Å². The van der Waals surface area contributed by atoms with Crippen LogP contribution in [0.2, 0.25) is 0 Å². The molecule has 184 valence electrons. The fourth-order valence-corrected chi connectivity index (χ4v) is 4.29. The molecule has 2 aromatic carbocycles. The van der Waals surface area contributed by atoms with Crippen molar-refractivity contribution in [1.29, 1.82) is 0 Å². The number of nitrogens with one attached hydrogen (secondary N) is 2. The zero-order valence-electron chi connectivity index (χ0n) is 20.0. The van der Waals surface area contributed by atoms with Crippen molar-refractivity contribution in [3.05, 3.63) is 75.6 Å². The highest BCUT2D eigenvalue weighted by Crippen LogP contribution is 2.26. The Morgan fingerprint density at radius 2 is 1.89 bits per heavy atom. The number of anilines is 1. The molecule has 0 spiro atoms. The number of carbonyl (C=O) groups excluding carboxylic acids is 2. The van der Waals surface area contributed by atoms with Crippen molar-refractivity contribution in [2.75, 3.05) is 11.1 Å². The summed E-state index contributed by atoms with van der Waals surface area (Å²) in [6, 6.07) is 12.6. The highest BCUT2D eigenvalue weighted by molar-refractivity contribution is 7.99. The Balaban J connectivity index is 1.74. The Labute approximate surface area is 207 Å². The maximum Gasteiger partial charge on any atom is 0.270 e. The van der Waals surface area contributed by atoms with E-state index >= 15 is 0 Å². The summed E-state index contributed by atoms with van der Waals surface area (Å²) in [5.41, 5.74) is 1.77. The third kappa shape index (κ3) is 6.44. The number of para-hydroxylation sites is 1. The van der Waals surface area contributed by atoms with Gasteiger partial charge in [-0.1, -0.05) is 49.9 Å². The molecule has 3 aromatic rings. The van der Waals surface area contributed by atoms with Crippen molar-refractivity contribution in [3.63, 3.8) is 0 Å². The lowest BCUT2D eigenvalue weighted by Crippen LogP contribution is -2.33. The van der Waals surface area contributed by atoms with E-state index in [0.29, 0.717) is 17.5 Å². The van der Waals surface area contributed by atoms with E-state index in [1.165, 1.54) is 36.0 Å². The third-order valence-corrected chi connectivity index (χ3v) is 6.33. The first-order chi connectivity index (χ1) is 16.7. The van der Waals surface area contributed by atoms with Gasteiger partial charge in [0.1, 0.15) is 0 Å². The number of rotatable bonds is 10. The van der Waals surface area contributed by atoms with Crippen LogP contribution in [0.3, 0.4) is 0 Å². The minimum Gasteiger partial charge on any atom is -0.342 e. The number of nitro groups is 1. The number of hydrogen-bond acceptors (Lipinski definition) is 7. The molecule has 0 bridgehead atoms. The Kier molecular flexibility index (Phi) is 8.58. The summed E-state index contributed by atoms with van der Waals surface area (Å²) in [5.74, 6) is 0.0805. The second kappa shape index (κ2) is 11.6. The molecule has 1 aromatic heterocycles. The van der Waals surface area contributed by atoms with Gasteiger partial charge in [-0.15, -0.1) is 10.2 Å². The predicted molar refractivity (Wildman–Crippen MR) is 134 cm³/mol. The molecule has 11 heteroatoms. The van der Waals surface area contributed by atoms with Crippen LogP contribution in [0, 0.1) is 23.0 Å². The first-order valence-electron chi connectivity index (χ1n) is 11.2. The van der Waals surface area contributed by atoms with Gasteiger partial charge >= 0.3 is 0 Å². The Morgan fingerprint density at radius 1 is 1.14 bits per heavy atom. The van der Waals surface area contributed by atoms with Crippen LogP contribution in [-0.4, -0.2) is 37.3 Å². The molecule has 0 aliphatic rings. The predicted octanol–water partition coefficient (Wildman–Crippen LogP) is 4.37. The van der Waals surface area contributed by atoms with Gasteiger partial charge in [0.15, 0.2) is 11.0 Å². The van der Waals surface area contributed by atoms with E-state index in [2.05, 4.69) is 20.8 Å². The van der Waals surface area contributed by atoms with E-state index in [-0.39, 0.29) is 28.8 Å². The number of aryl methyl sites for hydroxylation is 1. The molecule has 0 fully saturated rings. The summed E-state index contributed by atoms with van der Waals surface area (Å²) in [7, 11) is 0. The van der Waals surface area contributed by atoms with Crippen molar-refractivity contribution < 1.29 is 14.5 Å². The monoisotopic (exact) mass is 496 g/mol. The van der Waals surface area contributed by atoms with Crippen LogP contribution in [0.1, 0.15) is 48.6 Å². The average Bonchev–Trinajstić information content (AvgIpc) is 3.24. The molecule has 0 unspecified atom stereocenters. The number of thioether (sulfide) groups is 1. The zero-order chi connectivity index (χ0) is 25.5. The molecule has 2 amide bonds. The van der Waals surface area contributed by atoms with Gasteiger partial charge in [0, 0.05) is 29.9 Å². The Morgan fingerprint density at radius 3 is 2.54 bits per heavy atom. The maximum atomic E-state index is 12.9. The lowest BCUT2D eigenvalue weighted by molar-refractivity contribution is -0.384. The number of nitro benzene ring substituents is 1. The summed E-state index contributed by atoms with van der Waals surface area (Å²) in [5, 5.41) is 26.0. The largest absolute Gasteiger partial charge is 0.342 e. The molecule has 0 radical (unpaired) electrons. The zero-order valence-corrected chi connectivity index (χ0v) is 20.8. The molecule has 0 saturated heterocycles. The quantitative estimate of drug-likeness (QED) is 0.242. The molecule has 35 heavy (non-hydrogen) atoms. The Hall–Kier alpha value is -3.73. The van der Waals surface area contributed by atoms with E-state index in [4.69, 9.17) is 0 Å². The average molecular weight is 497 g/mol. The second-order valence-corrected chi connectivity index (χ2v) is 9.18. The number of amides is 2. The fraction of sp³-hybridized carbons (Fsp3) is 0.333. The summed E-state index contributed by atoms with van der Waals surface area (Å²) in [4.78, 5) is 35.9. The van der Waals surface area contributed by atoms with Crippen molar-refractivity contribution in [2.24, 2.45) is 5.92 Å². The molecule has 0 aliphatic heterocycles. The van der Waals surface area contributed by atoms with Gasteiger partial charge in [0.2, 0.25) is 5.91 Å². The highest BCUT2D eigenvalue weighted by atomic mass is 32.2. The first kappa shape index (κ1) is 25.9. The minimum atomic E-state index is -0.539. The van der Waals surface area contributed by atoms with E-state index in [1.54, 1.807) is 0 Å². The molecule has 10 nitrogen and oxygen atoms in total. The topological polar surface area (TPSA) is 132 Å². The van der Waals surface area contributed by atoms with Crippen molar-refractivity contribution >= 4 is 35.0 Å². The van der Waals surface area contributed by atoms with E-state index in [9.17, 15) is 19.7 Å². The Bertz CT molecular complexity index is 1230. The second-order valence-electron chi connectivity index (χ2n) is 8.24. The molecule has 1 atom stereocenters. The fourth-order valence-electron chi connectivity index (χ4n) is 3.48. The molecule has 2 N–H and O–H groups in total. The minimum absolute atomic E-state index is 0.0330. The van der Waals surface area contributed by atoms with Crippen molar-refractivity contribution in [2.45, 2.75) is 45.4 Å². The normalized spacial score (nSPS) is 11.8. The van der Waals surface area contributed by atoms with E-state index in [1.807, 2.05) is 56.5 Å². The SMILES string of the molecule is CCn1c(SCC(=O)Nc2ccccc2C)nnc1[C@H](NC(=O)c1cccc([N+](=O)[O-])c1)C(C)C. The van der Waals surface area contributed by atoms with Gasteiger partial charge in [-0.3, -0.25) is 19.7 Å².